The number of hydrogen-bond acceptors (Lipinski definition) is 8. The van der Waals surface area contributed by atoms with Crippen molar-refractivity contribution in [1.82, 2.24) is 14.9 Å². The minimum Gasteiger partial charge on any atom is -0.366 e. The van der Waals surface area contributed by atoms with E-state index < -0.39 is 0 Å². The van der Waals surface area contributed by atoms with Gasteiger partial charge in [0.1, 0.15) is 5.69 Å². The molecule has 0 saturated carbocycles. The summed E-state index contributed by atoms with van der Waals surface area (Å²) in [5.41, 5.74) is 4.02. The van der Waals surface area contributed by atoms with Gasteiger partial charge in [0.2, 0.25) is 0 Å². The Bertz CT molecular complexity index is 834. The summed E-state index contributed by atoms with van der Waals surface area (Å²) < 4.78 is 1.26. The van der Waals surface area contributed by atoms with Crippen molar-refractivity contribution in [1.29, 1.82) is 0 Å². The fourth-order valence-electron chi connectivity index (χ4n) is 2.89. The van der Waals surface area contributed by atoms with Gasteiger partial charge in [0.05, 0.1) is 11.1 Å². The molecule has 0 bridgehead atoms. The van der Waals surface area contributed by atoms with Gasteiger partial charge >= 0.3 is 0 Å². The minimum absolute atomic E-state index is 0. The highest BCUT2D eigenvalue weighted by molar-refractivity contribution is 5.85. The van der Waals surface area contributed by atoms with Crippen LogP contribution in [0.4, 0.5) is 17.3 Å². The third-order valence-corrected chi connectivity index (χ3v) is 4.56. The van der Waals surface area contributed by atoms with Gasteiger partial charge in [-0.05, 0) is 31.7 Å². The molecule has 1 aromatic heterocycles. The quantitative estimate of drug-likeness (QED) is 0.322. The lowest BCUT2D eigenvalue weighted by Crippen LogP contribution is -2.33. The smallest absolute Gasteiger partial charge is 0.293 e. The summed E-state index contributed by atoms with van der Waals surface area (Å²) in [5.74, 6) is 7.21. The Balaban J connectivity index is 0.00000196. The van der Waals surface area contributed by atoms with E-state index in [4.69, 9.17) is 5.84 Å². The number of rotatable bonds is 5. The van der Waals surface area contributed by atoms with E-state index in [1.165, 1.54) is 17.0 Å². The number of nitrogens with one attached hydrogen (secondary N) is 1. The minimum atomic E-state index is -0.349. The summed E-state index contributed by atoms with van der Waals surface area (Å²) in [6, 6.07) is 5.12. The van der Waals surface area contributed by atoms with E-state index in [1.54, 1.807) is 13.0 Å². The van der Waals surface area contributed by atoms with Gasteiger partial charge in [-0.2, -0.15) is 5.10 Å². The van der Waals surface area contributed by atoms with Gasteiger partial charge in [0, 0.05) is 24.7 Å². The molecule has 1 saturated heterocycles. The first-order chi connectivity index (χ1) is 12.5. The molecule has 3 rings (SSSR count). The first-order valence-electron chi connectivity index (χ1n) is 8.45. The van der Waals surface area contributed by atoms with Crippen LogP contribution >= 0.6 is 24.8 Å². The summed E-state index contributed by atoms with van der Waals surface area (Å²) in [6.07, 6.45) is 3.58. The van der Waals surface area contributed by atoms with E-state index in [9.17, 15) is 10.1 Å². The Morgan fingerprint density at radius 3 is 2.57 bits per heavy atom. The number of anilines is 2. The van der Waals surface area contributed by atoms with Crippen LogP contribution in [0.1, 0.15) is 31.2 Å². The zero-order chi connectivity index (χ0) is 18.7. The van der Waals surface area contributed by atoms with E-state index in [-0.39, 0.29) is 41.4 Å². The number of hydrazone groups is 1. The van der Waals surface area contributed by atoms with Crippen molar-refractivity contribution in [3.8, 4) is 0 Å². The number of piperidine rings is 1. The van der Waals surface area contributed by atoms with Crippen LogP contribution in [0.15, 0.2) is 23.3 Å². The molecule has 0 amide bonds. The third-order valence-electron chi connectivity index (χ3n) is 4.56. The Kier molecular flexibility index (Phi) is 8.45. The molecule has 10 nitrogen and oxygen atoms in total. The number of hydrogen-bond donors (Lipinski definition) is 2. The molecule has 0 unspecified atom stereocenters. The van der Waals surface area contributed by atoms with Crippen molar-refractivity contribution in [2.24, 2.45) is 11.0 Å². The molecule has 0 spiro atoms. The maximum atomic E-state index is 11.5. The largest absolute Gasteiger partial charge is 0.366 e. The van der Waals surface area contributed by atoms with Gasteiger partial charge in [-0.3, -0.25) is 10.1 Å². The van der Waals surface area contributed by atoms with E-state index in [0.29, 0.717) is 23.0 Å². The third kappa shape index (κ3) is 5.23. The predicted octanol–water partition coefficient (Wildman–Crippen LogP) is 2.73. The summed E-state index contributed by atoms with van der Waals surface area (Å²) in [7, 11) is 0. The zero-order valence-electron chi connectivity index (χ0n) is 15.6. The molecule has 1 aromatic carbocycles. The lowest BCUT2D eigenvalue weighted by molar-refractivity contribution is -0.384. The second-order valence-corrected chi connectivity index (χ2v) is 6.49. The number of nitrogens with zero attached hydrogens (tertiary/aromatic N) is 6. The van der Waals surface area contributed by atoms with Gasteiger partial charge in [-0.1, -0.05) is 13.0 Å². The van der Waals surface area contributed by atoms with Gasteiger partial charge in [-0.15, -0.1) is 35.0 Å². The average Bonchev–Trinajstić information content (AvgIpc) is 2.94. The van der Waals surface area contributed by atoms with Crippen LogP contribution in [0, 0.1) is 23.0 Å². The number of nitrogens with two attached hydrogens (primary N) is 1. The van der Waals surface area contributed by atoms with Crippen molar-refractivity contribution in [2.75, 3.05) is 29.3 Å². The highest BCUT2D eigenvalue weighted by Crippen LogP contribution is 2.32. The second-order valence-electron chi connectivity index (χ2n) is 6.49. The number of aryl methyl sites for hydroxylation is 1. The standard InChI is InChI=1S/C16H22N8O2.2ClH/c1-11-5-7-22(8-6-11)14-4-3-13(9-15(14)24(25)26)10-18-20-16-21-19-12(2)23(16)17;;/h3-4,9-11H,5-8,17H2,1-2H3,(H,20,21);2*1H/b18-10+;;. The van der Waals surface area contributed by atoms with Crippen LogP contribution in [0.25, 0.3) is 0 Å². The summed E-state index contributed by atoms with van der Waals surface area (Å²) in [4.78, 5) is 13.2. The van der Waals surface area contributed by atoms with Gasteiger partial charge in [0.25, 0.3) is 11.6 Å². The van der Waals surface area contributed by atoms with Crippen molar-refractivity contribution in [3.63, 3.8) is 0 Å². The Labute approximate surface area is 175 Å². The van der Waals surface area contributed by atoms with Crippen LogP contribution in [-0.2, 0) is 0 Å². The first-order valence-corrected chi connectivity index (χ1v) is 8.45. The average molecular weight is 431 g/mol. The van der Waals surface area contributed by atoms with Crippen molar-refractivity contribution >= 4 is 48.4 Å². The van der Waals surface area contributed by atoms with Crippen molar-refractivity contribution < 1.29 is 4.92 Å². The molecule has 1 aliphatic rings. The van der Waals surface area contributed by atoms with Gasteiger partial charge < -0.3 is 10.7 Å². The fraction of sp³-hybridized carbons (Fsp3) is 0.438. The molecule has 28 heavy (non-hydrogen) atoms. The first kappa shape index (κ1) is 23.4. The SMILES string of the molecule is Cc1nnc(N/N=C/c2ccc(N3CCC(C)CC3)c([N+](=O)[O-])c2)n1N.Cl.Cl. The van der Waals surface area contributed by atoms with Crippen LogP contribution in [0.2, 0.25) is 0 Å². The normalized spacial score (nSPS) is 14.4. The molecular formula is C16H24Cl2N8O2. The van der Waals surface area contributed by atoms with Crippen LogP contribution in [0.5, 0.6) is 0 Å². The zero-order valence-corrected chi connectivity index (χ0v) is 17.2. The Hall–Kier alpha value is -2.59. The number of halogens is 2. The number of nitro benzene ring substituents is 1. The van der Waals surface area contributed by atoms with Crippen molar-refractivity contribution in [3.05, 3.63) is 39.7 Å². The molecule has 0 radical (unpaired) electrons. The van der Waals surface area contributed by atoms with E-state index >= 15 is 0 Å². The van der Waals surface area contributed by atoms with Crippen LogP contribution < -0.4 is 16.2 Å². The lowest BCUT2D eigenvalue weighted by atomic mass is 9.98. The molecule has 0 aliphatic carbocycles. The number of nitrogen functional groups attached to an aromatic ring is 1. The van der Waals surface area contributed by atoms with E-state index in [0.717, 1.165) is 25.9 Å². The summed E-state index contributed by atoms with van der Waals surface area (Å²) in [6.45, 7) is 5.60. The number of benzene rings is 1. The van der Waals surface area contributed by atoms with Crippen molar-refractivity contribution in [2.45, 2.75) is 26.7 Å². The molecule has 0 atom stereocenters. The number of aromatic nitrogens is 3. The molecule has 3 N–H and O–H groups in total. The molecule has 2 aromatic rings. The second kappa shape index (κ2) is 10.1. The van der Waals surface area contributed by atoms with Gasteiger partial charge in [0.15, 0.2) is 5.82 Å². The molecule has 2 heterocycles. The fourth-order valence-corrected chi connectivity index (χ4v) is 2.89. The maximum absolute atomic E-state index is 11.5. The lowest BCUT2D eigenvalue weighted by Gasteiger charge is -2.31. The topological polar surface area (TPSA) is 128 Å². The summed E-state index contributed by atoms with van der Waals surface area (Å²) >= 11 is 0. The van der Waals surface area contributed by atoms with E-state index in [2.05, 4.69) is 32.5 Å². The monoisotopic (exact) mass is 430 g/mol. The highest BCUT2D eigenvalue weighted by atomic mass is 35.5. The molecule has 1 fully saturated rings. The van der Waals surface area contributed by atoms with Gasteiger partial charge in [-0.25, -0.2) is 10.1 Å². The highest BCUT2D eigenvalue weighted by Gasteiger charge is 2.23. The molecule has 12 heteroatoms. The molecule has 154 valence electrons. The Morgan fingerprint density at radius 1 is 1.32 bits per heavy atom. The molecular weight excluding hydrogens is 407 g/mol. The maximum Gasteiger partial charge on any atom is 0.293 e. The van der Waals surface area contributed by atoms with Crippen LogP contribution in [0.3, 0.4) is 0 Å². The van der Waals surface area contributed by atoms with E-state index in [1.807, 2.05) is 6.07 Å². The Morgan fingerprint density at radius 2 is 2.00 bits per heavy atom. The number of nitro groups is 1. The molecule has 1 aliphatic heterocycles. The summed E-state index contributed by atoms with van der Waals surface area (Å²) in [5, 5.41) is 23.2. The predicted molar refractivity (Wildman–Crippen MR) is 114 cm³/mol. The van der Waals surface area contributed by atoms with Crippen LogP contribution in [-0.4, -0.2) is 39.1 Å².